The zero-order chi connectivity index (χ0) is 12.1. The van der Waals surface area contributed by atoms with Crippen LogP contribution in [0.3, 0.4) is 0 Å². The Morgan fingerprint density at radius 2 is 2.25 bits per heavy atom. The van der Waals surface area contributed by atoms with Crippen LogP contribution in [0.5, 0.6) is 0 Å². The first-order chi connectivity index (χ1) is 7.54. The third-order valence-electron chi connectivity index (χ3n) is 2.62. The summed E-state index contributed by atoms with van der Waals surface area (Å²) in [4.78, 5) is 11.5. The van der Waals surface area contributed by atoms with Crippen LogP contribution in [0.15, 0.2) is 0 Å². The lowest BCUT2D eigenvalue weighted by molar-refractivity contribution is -0.131. The van der Waals surface area contributed by atoms with Crippen molar-refractivity contribution < 1.29 is 14.3 Å². The van der Waals surface area contributed by atoms with Gasteiger partial charge in [-0.25, -0.2) is 0 Å². The first kappa shape index (κ1) is 13.4. The number of ether oxygens (including phenoxy) is 2. The third kappa shape index (κ3) is 3.73. The summed E-state index contributed by atoms with van der Waals surface area (Å²) in [5.74, 6) is -0.126. The van der Waals surface area contributed by atoms with Gasteiger partial charge in [-0.1, -0.05) is 0 Å². The highest BCUT2D eigenvalue weighted by Gasteiger charge is 2.40. The Hall–Kier alpha value is -0.650. The predicted molar refractivity (Wildman–Crippen MR) is 61.0 cm³/mol. The lowest BCUT2D eigenvalue weighted by atomic mass is 9.83. The van der Waals surface area contributed by atoms with E-state index >= 15 is 0 Å². The first-order valence-electron chi connectivity index (χ1n) is 5.82. The molecule has 1 fully saturated rings. The van der Waals surface area contributed by atoms with Gasteiger partial charge in [-0.15, -0.1) is 0 Å². The van der Waals surface area contributed by atoms with Gasteiger partial charge >= 0.3 is 0 Å². The topological polar surface area (TPSA) is 73.6 Å². The quantitative estimate of drug-likeness (QED) is 0.675. The Bertz CT molecular complexity index is 231. The van der Waals surface area contributed by atoms with Crippen LogP contribution in [0.25, 0.3) is 0 Å². The molecule has 0 aliphatic heterocycles. The molecule has 94 valence electrons. The standard InChI is InChI=1S/C11H22N2O3/c1-4-15-9-5-8(12)11(9)13-10(14)6-16-7(2)3/h7-9,11H,4-6,12H2,1-3H3,(H,13,14). The molecule has 5 nitrogen and oxygen atoms in total. The molecule has 1 aliphatic carbocycles. The van der Waals surface area contributed by atoms with Crippen LogP contribution < -0.4 is 11.1 Å². The van der Waals surface area contributed by atoms with Crippen LogP contribution in [0.2, 0.25) is 0 Å². The van der Waals surface area contributed by atoms with Crippen molar-refractivity contribution in [2.24, 2.45) is 5.73 Å². The van der Waals surface area contributed by atoms with Gasteiger partial charge in [-0.05, 0) is 27.2 Å². The molecule has 0 saturated heterocycles. The van der Waals surface area contributed by atoms with Crippen molar-refractivity contribution in [1.82, 2.24) is 5.32 Å². The fourth-order valence-electron chi connectivity index (χ4n) is 1.70. The van der Waals surface area contributed by atoms with Crippen molar-refractivity contribution in [2.75, 3.05) is 13.2 Å². The van der Waals surface area contributed by atoms with E-state index in [1.807, 2.05) is 20.8 Å². The number of amides is 1. The van der Waals surface area contributed by atoms with Crippen molar-refractivity contribution in [1.29, 1.82) is 0 Å². The highest BCUT2D eigenvalue weighted by molar-refractivity contribution is 5.77. The zero-order valence-corrected chi connectivity index (χ0v) is 10.2. The lowest BCUT2D eigenvalue weighted by Gasteiger charge is -2.42. The molecule has 0 heterocycles. The summed E-state index contributed by atoms with van der Waals surface area (Å²) in [5.41, 5.74) is 5.81. The minimum Gasteiger partial charge on any atom is -0.376 e. The van der Waals surface area contributed by atoms with Gasteiger partial charge in [-0.3, -0.25) is 4.79 Å². The second kappa shape index (κ2) is 6.18. The number of carbonyl (C=O) groups is 1. The minimum absolute atomic E-state index is 0.000417. The van der Waals surface area contributed by atoms with Crippen LogP contribution >= 0.6 is 0 Å². The molecule has 5 heteroatoms. The van der Waals surface area contributed by atoms with Crippen molar-refractivity contribution in [2.45, 2.75) is 51.5 Å². The molecule has 3 unspecified atom stereocenters. The molecule has 0 aromatic rings. The summed E-state index contributed by atoms with van der Waals surface area (Å²) in [6.45, 7) is 6.45. The summed E-state index contributed by atoms with van der Waals surface area (Å²) < 4.78 is 10.7. The van der Waals surface area contributed by atoms with E-state index in [1.54, 1.807) is 0 Å². The number of carbonyl (C=O) groups excluding carboxylic acids is 1. The van der Waals surface area contributed by atoms with Crippen molar-refractivity contribution in [3.05, 3.63) is 0 Å². The molecule has 1 saturated carbocycles. The van der Waals surface area contributed by atoms with Gasteiger partial charge in [0.05, 0.1) is 18.2 Å². The van der Waals surface area contributed by atoms with E-state index in [9.17, 15) is 4.79 Å². The Morgan fingerprint density at radius 3 is 2.75 bits per heavy atom. The van der Waals surface area contributed by atoms with Gasteiger partial charge in [0, 0.05) is 12.6 Å². The van der Waals surface area contributed by atoms with Crippen LogP contribution in [0, 0.1) is 0 Å². The second-order valence-electron chi connectivity index (χ2n) is 4.35. The van der Waals surface area contributed by atoms with Crippen LogP contribution in [-0.2, 0) is 14.3 Å². The summed E-state index contributed by atoms with van der Waals surface area (Å²) in [6, 6.07) is -0.0669. The van der Waals surface area contributed by atoms with Crippen LogP contribution in [-0.4, -0.2) is 43.4 Å². The van der Waals surface area contributed by atoms with E-state index in [4.69, 9.17) is 15.2 Å². The largest absolute Gasteiger partial charge is 0.376 e. The Labute approximate surface area is 96.7 Å². The second-order valence-corrected chi connectivity index (χ2v) is 4.35. The maximum Gasteiger partial charge on any atom is 0.246 e. The molecule has 1 aliphatic rings. The average Bonchev–Trinajstić information content (AvgIpc) is 2.23. The fourth-order valence-corrected chi connectivity index (χ4v) is 1.70. The highest BCUT2D eigenvalue weighted by atomic mass is 16.5. The predicted octanol–water partition coefficient (Wildman–Crippen LogP) is 0.0323. The third-order valence-corrected chi connectivity index (χ3v) is 2.62. The lowest BCUT2D eigenvalue weighted by Crippen LogP contribution is -2.65. The SMILES string of the molecule is CCOC1CC(N)C1NC(=O)COC(C)C. The minimum atomic E-state index is -0.126. The average molecular weight is 230 g/mol. The molecular weight excluding hydrogens is 208 g/mol. The molecule has 0 bridgehead atoms. The van der Waals surface area contributed by atoms with E-state index in [0.717, 1.165) is 6.42 Å². The van der Waals surface area contributed by atoms with Crippen molar-refractivity contribution in [3.63, 3.8) is 0 Å². The molecule has 3 atom stereocenters. The molecular formula is C11H22N2O3. The highest BCUT2D eigenvalue weighted by Crippen LogP contribution is 2.22. The normalized spacial score (nSPS) is 28.9. The van der Waals surface area contributed by atoms with Crippen molar-refractivity contribution >= 4 is 5.91 Å². The Balaban J connectivity index is 2.26. The number of nitrogens with one attached hydrogen (secondary N) is 1. The van der Waals surface area contributed by atoms with E-state index in [1.165, 1.54) is 0 Å². The van der Waals surface area contributed by atoms with Crippen molar-refractivity contribution in [3.8, 4) is 0 Å². The van der Waals surface area contributed by atoms with Gasteiger partial charge in [0.15, 0.2) is 0 Å². The molecule has 0 spiro atoms. The van der Waals surface area contributed by atoms with Crippen LogP contribution in [0.1, 0.15) is 27.2 Å². The van der Waals surface area contributed by atoms with Gasteiger partial charge in [0.1, 0.15) is 6.61 Å². The smallest absolute Gasteiger partial charge is 0.246 e. The number of hydrogen-bond donors (Lipinski definition) is 2. The maximum absolute atomic E-state index is 11.5. The van der Waals surface area contributed by atoms with E-state index in [2.05, 4.69) is 5.32 Å². The molecule has 0 aromatic heterocycles. The van der Waals surface area contributed by atoms with E-state index < -0.39 is 0 Å². The summed E-state index contributed by atoms with van der Waals surface area (Å²) >= 11 is 0. The summed E-state index contributed by atoms with van der Waals surface area (Å²) in [6.07, 6.45) is 0.926. The molecule has 1 rings (SSSR count). The fraction of sp³-hybridized carbons (Fsp3) is 0.909. The van der Waals surface area contributed by atoms with Gasteiger partial charge < -0.3 is 20.5 Å². The number of nitrogens with two attached hydrogens (primary N) is 1. The summed E-state index contributed by atoms with van der Waals surface area (Å²) in [7, 11) is 0. The number of rotatable bonds is 6. The zero-order valence-electron chi connectivity index (χ0n) is 10.2. The number of hydrogen-bond acceptors (Lipinski definition) is 4. The molecule has 0 radical (unpaired) electrons. The Morgan fingerprint density at radius 1 is 1.56 bits per heavy atom. The molecule has 3 N–H and O–H groups in total. The van der Waals surface area contributed by atoms with Crippen LogP contribution in [0.4, 0.5) is 0 Å². The molecule has 0 aromatic carbocycles. The van der Waals surface area contributed by atoms with Gasteiger partial charge in [-0.2, -0.15) is 0 Å². The summed E-state index contributed by atoms with van der Waals surface area (Å²) in [5, 5.41) is 2.84. The Kier molecular flexibility index (Phi) is 5.18. The maximum atomic E-state index is 11.5. The first-order valence-corrected chi connectivity index (χ1v) is 5.82. The molecule has 1 amide bonds. The molecule has 16 heavy (non-hydrogen) atoms. The van der Waals surface area contributed by atoms with E-state index in [0.29, 0.717) is 6.61 Å². The van der Waals surface area contributed by atoms with E-state index in [-0.39, 0.29) is 36.8 Å². The van der Waals surface area contributed by atoms with Gasteiger partial charge in [0.25, 0.3) is 0 Å². The van der Waals surface area contributed by atoms with Gasteiger partial charge in [0.2, 0.25) is 5.91 Å². The monoisotopic (exact) mass is 230 g/mol.